The summed E-state index contributed by atoms with van der Waals surface area (Å²) in [5.41, 5.74) is 0. The molecule has 0 N–H and O–H groups in total. The Hall–Kier alpha value is -1.02. The average Bonchev–Trinajstić information content (AvgIpc) is 2.03. The zero-order chi connectivity index (χ0) is 8.53. The van der Waals surface area contributed by atoms with Crippen LogP contribution in [0.25, 0.3) is 0 Å². The van der Waals surface area contributed by atoms with Gasteiger partial charge in [0.05, 0.1) is 6.61 Å². The van der Waals surface area contributed by atoms with Crippen LogP contribution >= 0.6 is 0 Å². The molecule has 0 unspecified atom stereocenters. The van der Waals surface area contributed by atoms with Gasteiger partial charge in [0, 0.05) is 7.11 Å². The van der Waals surface area contributed by atoms with Gasteiger partial charge in [-0.25, -0.2) is 0 Å². The number of hydrogen-bond acceptors (Lipinski definition) is 2. The Morgan fingerprint density at radius 2 is 2.09 bits per heavy atom. The lowest BCUT2D eigenvalue weighted by molar-refractivity contribution is 0.114. The zero-order valence-corrected chi connectivity index (χ0v) is 6.88. The van der Waals surface area contributed by atoms with Crippen molar-refractivity contribution in [3.8, 4) is 0 Å². The predicted molar refractivity (Wildman–Crippen MR) is 46.3 cm³/mol. The summed E-state index contributed by atoms with van der Waals surface area (Å²) in [5.74, 6) is 0.719. The largest absolute Gasteiger partial charge is 0.491 e. The van der Waals surface area contributed by atoms with Crippen LogP contribution in [0.1, 0.15) is 0 Å². The summed E-state index contributed by atoms with van der Waals surface area (Å²) < 4.78 is 10.0. The number of hydrogen-bond donors (Lipinski definition) is 0. The van der Waals surface area contributed by atoms with Crippen molar-refractivity contribution in [3.63, 3.8) is 0 Å². The second kappa shape index (κ2) is 7.09. The first-order chi connectivity index (χ1) is 5.35. The fourth-order valence-electron chi connectivity index (χ4n) is 0.534. The molecular formula is C9H14O2. The van der Waals surface area contributed by atoms with Crippen molar-refractivity contribution in [1.29, 1.82) is 0 Å². The molecule has 0 spiro atoms. The molecule has 0 amide bonds. The molecule has 0 aromatic carbocycles. The van der Waals surface area contributed by atoms with Crippen LogP contribution in [0, 0.1) is 0 Å². The second-order valence-corrected chi connectivity index (χ2v) is 1.85. The van der Waals surface area contributed by atoms with E-state index in [2.05, 4.69) is 13.2 Å². The van der Waals surface area contributed by atoms with Crippen molar-refractivity contribution in [2.75, 3.05) is 20.3 Å². The van der Waals surface area contributed by atoms with E-state index in [0.29, 0.717) is 13.2 Å². The molecule has 0 radical (unpaired) electrons. The van der Waals surface area contributed by atoms with Crippen molar-refractivity contribution in [2.45, 2.75) is 0 Å². The van der Waals surface area contributed by atoms with E-state index < -0.39 is 0 Å². The maximum Gasteiger partial charge on any atom is 0.118 e. The fourth-order valence-corrected chi connectivity index (χ4v) is 0.534. The van der Waals surface area contributed by atoms with Crippen molar-refractivity contribution in [1.82, 2.24) is 0 Å². The second-order valence-electron chi connectivity index (χ2n) is 1.85. The van der Waals surface area contributed by atoms with E-state index in [-0.39, 0.29) is 0 Å². The molecule has 0 saturated heterocycles. The van der Waals surface area contributed by atoms with Gasteiger partial charge < -0.3 is 9.47 Å². The average molecular weight is 154 g/mol. The van der Waals surface area contributed by atoms with Gasteiger partial charge in [0.2, 0.25) is 0 Å². The standard InChI is InChI=1S/C9H14O2/c1-4-6-9(5-2)11-8-7-10-3/h4-6H,1-2,7-8H2,3H3/b9-6+. The lowest BCUT2D eigenvalue weighted by atomic mass is 10.4. The Kier molecular flexibility index (Phi) is 6.43. The third-order valence-electron chi connectivity index (χ3n) is 1.04. The molecule has 0 rings (SSSR count). The molecule has 11 heavy (non-hydrogen) atoms. The minimum atomic E-state index is 0.544. The van der Waals surface area contributed by atoms with Gasteiger partial charge in [-0.05, 0) is 12.2 Å². The van der Waals surface area contributed by atoms with Gasteiger partial charge in [0.25, 0.3) is 0 Å². The third kappa shape index (κ3) is 5.43. The van der Waals surface area contributed by atoms with Gasteiger partial charge in [-0.15, -0.1) is 0 Å². The van der Waals surface area contributed by atoms with E-state index in [0.717, 1.165) is 5.76 Å². The molecule has 0 saturated carbocycles. The number of allylic oxidation sites excluding steroid dienone is 3. The molecule has 2 heteroatoms. The summed E-state index contributed by atoms with van der Waals surface area (Å²) in [6.07, 6.45) is 5.05. The van der Waals surface area contributed by atoms with Gasteiger partial charge in [-0.1, -0.05) is 19.2 Å². The summed E-state index contributed by atoms with van der Waals surface area (Å²) in [5, 5.41) is 0. The lowest BCUT2D eigenvalue weighted by Crippen LogP contribution is -2.00. The molecule has 0 aromatic heterocycles. The van der Waals surface area contributed by atoms with Crippen LogP contribution in [0.5, 0.6) is 0 Å². The van der Waals surface area contributed by atoms with E-state index in [1.165, 1.54) is 0 Å². The molecule has 0 aliphatic carbocycles. The molecule has 0 aromatic rings. The van der Waals surface area contributed by atoms with Crippen LogP contribution in [0.2, 0.25) is 0 Å². The highest BCUT2D eigenvalue weighted by molar-refractivity contribution is 5.14. The normalized spacial score (nSPS) is 10.8. The van der Waals surface area contributed by atoms with E-state index >= 15 is 0 Å². The van der Waals surface area contributed by atoms with E-state index in [1.807, 2.05) is 0 Å². The molecule has 0 aliphatic heterocycles. The van der Waals surface area contributed by atoms with Crippen molar-refractivity contribution in [3.05, 3.63) is 37.1 Å². The molecule has 0 aliphatic rings. The quantitative estimate of drug-likeness (QED) is 0.330. The number of methoxy groups -OCH3 is 1. The summed E-state index contributed by atoms with van der Waals surface area (Å²) in [6.45, 7) is 8.25. The van der Waals surface area contributed by atoms with Gasteiger partial charge in [0.1, 0.15) is 12.4 Å². The van der Waals surface area contributed by atoms with Crippen LogP contribution in [0.3, 0.4) is 0 Å². The zero-order valence-electron chi connectivity index (χ0n) is 6.88. The van der Waals surface area contributed by atoms with Gasteiger partial charge in [0.15, 0.2) is 0 Å². The minimum absolute atomic E-state index is 0.544. The highest BCUT2D eigenvalue weighted by Crippen LogP contribution is 1.97. The van der Waals surface area contributed by atoms with Crippen molar-refractivity contribution >= 4 is 0 Å². The predicted octanol–water partition coefficient (Wildman–Crippen LogP) is 1.91. The third-order valence-corrected chi connectivity index (χ3v) is 1.04. The highest BCUT2D eigenvalue weighted by atomic mass is 16.5. The molecular weight excluding hydrogens is 140 g/mol. The van der Waals surface area contributed by atoms with Crippen LogP contribution in [0.15, 0.2) is 37.1 Å². The summed E-state index contributed by atoms with van der Waals surface area (Å²) in [4.78, 5) is 0. The van der Waals surface area contributed by atoms with Crippen LogP contribution in [-0.4, -0.2) is 20.3 Å². The maximum absolute atomic E-state index is 5.22. The van der Waals surface area contributed by atoms with Crippen molar-refractivity contribution in [2.24, 2.45) is 0 Å². The summed E-state index contributed by atoms with van der Waals surface area (Å²) >= 11 is 0. The molecule has 0 fully saturated rings. The smallest absolute Gasteiger partial charge is 0.118 e. The first kappa shape index (κ1) is 9.98. The first-order valence-corrected chi connectivity index (χ1v) is 3.42. The van der Waals surface area contributed by atoms with E-state index in [4.69, 9.17) is 9.47 Å². The Balaban J connectivity index is 3.60. The molecule has 0 heterocycles. The Bertz CT molecular complexity index is 148. The SMILES string of the molecule is C=C/C=C(\C=C)OCCOC. The highest BCUT2D eigenvalue weighted by Gasteiger charge is 1.88. The van der Waals surface area contributed by atoms with Crippen molar-refractivity contribution < 1.29 is 9.47 Å². The maximum atomic E-state index is 5.22. The van der Waals surface area contributed by atoms with Crippen LogP contribution in [0.4, 0.5) is 0 Å². The minimum Gasteiger partial charge on any atom is -0.491 e. The fraction of sp³-hybridized carbons (Fsp3) is 0.333. The van der Waals surface area contributed by atoms with E-state index in [9.17, 15) is 0 Å². The van der Waals surface area contributed by atoms with Gasteiger partial charge in [-0.2, -0.15) is 0 Å². The molecule has 0 atom stereocenters. The first-order valence-electron chi connectivity index (χ1n) is 3.42. The van der Waals surface area contributed by atoms with Crippen LogP contribution in [-0.2, 0) is 9.47 Å². The monoisotopic (exact) mass is 154 g/mol. The van der Waals surface area contributed by atoms with Gasteiger partial charge >= 0.3 is 0 Å². The molecule has 62 valence electrons. The van der Waals surface area contributed by atoms with Crippen LogP contribution < -0.4 is 0 Å². The lowest BCUT2D eigenvalue weighted by Gasteiger charge is -2.04. The summed E-state index contributed by atoms with van der Waals surface area (Å²) in [6, 6.07) is 0. The Morgan fingerprint density at radius 3 is 2.55 bits per heavy atom. The Morgan fingerprint density at radius 1 is 1.36 bits per heavy atom. The van der Waals surface area contributed by atoms with Gasteiger partial charge in [-0.3, -0.25) is 0 Å². The molecule has 0 bridgehead atoms. The number of ether oxygens (including phenoxy) is 2. The topological polar surface area (TPSA) is 18.5 Å². The molecule has 2 nitrogen and oxygen atoms in total. The summed E-state index contributed by atoms with van der Waals surface area (Å²) in [7, 11) is 1.63. The Labute approximate surface area is 67.8 Å². The number of rotatable bonds is 6. The van der Waals surface area contributed by atoms with E-state index in [1.54, 1.807) is 25.3 Å².